The van der Waals surface area contributed by atoms with Crippen molar-refractivity contribution in [1.82, 2.24) is 28.5 Å². The number of rotatable bonds is 5. The predicted octanol–water partition coefficient (Wildman–Crippen LogP) is 0.352. The molecule has 1 amide bonds. The molecular weight excluding hydrogens is 408 g/mol. The second-order valence-electron chi connectivity index (χ2n) is 8.91. The third kappa shape index (κ3) is 3.66. The zero-order chi connectivity index (χ0) is 22.4. The highest BCUT2D eigenvalue weighted by Crippen LogP contribution is 2.29. The minimum atomic E-state index is -0.437. The minimum Gasteiger partial charge on any atom is -0.335 e. The molecule has 32 heavy (non-hydrogen) atoms. The van der Waals surface area contributed by atoms with Crippen LogP contribution in [0.1, 0.15) is 18.4 Å². The van der Waals surface area contributed by atoms with Gasteiger partial charge >= 0.3 is 5.69 Å². The summed E-state index contributed by atoms with van der Waals surface area (Å²) in [5.74, 6) is -0.0309. The smallest absolute Gasteiger partial charge is 0.332 e. The molecule has 0 N–H and O–H groups in total. The normalized spacial score (nSPS) is 19.6. The van der Waals surface area contributed by atoms with Gasteiger partial charge in [0.1, 0.15) is 6.54 Å². The number of nitrogens with zero attached hydrogens (tertiary/aromatic N) is 6. The maximum absolute atomic E-state index is 13.4. The highest BCUT2D eigenvalue weighted by molar-refractivity contribution is 5.79. The first-order valence-electron chi connectivity index (χ1n) is 11.1. The number of imidazole rings is 1. The quantitative estimate of drug-likeness (QED) is 0.576. The van der Waals surface area contributed by atoms with E-state index in [0.29, 0.717) is 18.2 Å². The van der Waals surface area contributed by atoms with E-state index in [4.69, 9.17) is 0 Å². The van der Waals surface area contributed by atoms with Gasteiger partial charge in [-0.1, -0.05) is 30.3 Å². The molecule has 3 heterocycles. The van der Waals surface area contributed by atoms with Gasteiger partial charge in [0.15, 0.2) is 11.2 Å². The summed E-state index contributed by atoms with van der Waals surface area (Å²) in [6.45, 7) is 2.45. The average Bonchev–Trinajstić information content (AvgIpc) is 3.57. The Morgan fingerprint density at radius 1 is 1.06 bits per heavy atom. The third-order valence-corrected chi connectivity index (χ3v) is 6.73. The zero-order valence-electron chi connectivity index (χ0n) is 18.5. The van der Waals surface area contributed by atoms with Gasteiger partial charge in [-0.25, -0.2) is 9.78 Å². The van der Waals surface area contributed by atoms with Crippen molar-refractivity contribution >= 4 is 17.1 Å². The van der Waals surface area contributed by atoms with E-state index in [1.807, 2.05) is 23.1 Å². The van der Waals surface area contributed by atoms with Crippen molar-refractivity contribution in [2.75, 3.05) is 19.6 Å². The first-order chi connectivity index (χ1) is 15.4. The first-order valence-corrected chi connectivity index (χ1v) is 11.1. The summed E-state index contributed by atoms with van der Waals surface area (Å²) in [5.41, 5.74) is 0.917. The molecule has 1 saturated carbocycles. The number of aromatic nitrogens is 4. The fourth-order valence-corrected chi connectivity index (χ4v) is 4.79. The Kier molecular flexibility index (Phi) is 5.21. The predicted molar refractivity (Wildman–Crippen MR) is 120 cm³/mol. The van der Waals surface area contributed by atoms with E-state index >= 15 is 0 Å². The second-order valence-corrected chi connectivity index (χ2v) is 8.91. The monoisotopic (exact) mass is 436 g/mol. The van der Waals surface area contributed by atoms with Crippen LogP contribution in [0.4, 0.5) is 0 Å². The molecule has 5 rings (SSSR count). The van der Waals surface area contributed by atoms with Crippen molar-refractivity contribution in [2.24, 2.45) is 14.1 Å². The van der Waals surface area contributed by atoms with Crippen molar-refractivity contribution in [1.29, 1.82) is 0 Å². The molecule has 1 atom stereocenters. The Bertz CT molecular complexity index is 1270. The Morgan fingerprint density at radius 2 is 1.81 bits per heavy atom. The van der Waals surface area contributed by atoms with Gasteiger partial charge in [0, 0.05) is 45.8 Å². The summed E-state index contributed by atoms with van der Waals surface area (Å²) in [5, 5.41) is 0. The molecule has 1 unspecified atom stereocenters. The number of piperazine rings is 1. The molecule has 2 fully saturated rings. The van der Waals surface area contributed by atoms with E-state index in [9.17, 15) is 14.4 Å². The SMILES string of the molecule is Cn1c(=O)c2c(ncn2CC(=O)N2CCN(C3CC3)CC2Cc2ccccc2)n(C)c1=O. The molecule has 1 aromatic carbocycles. The molecule has 1 aliphatic heterocycles. The van der Waals surface area contributed by atoms with E-state index < -0.39 is 11.2 Å². The minimum absolute atomic E-state index is 0.0265. The number of hydrogen-bond donors (Lipinski definition) is 0. The number of aryl methyl sites for hydroxylation is 1. The van der Waals surface area contributed by atoms with Gasteiger partial charge in [0.2, 0.25) is 5.91 Å². The third-order valence-electron chi connectivity index (χ3n) is 6.73. The molecule has 9 heteroatoms. The van der Waals surface area contributed by atoms with Crippen LogP contribution in [-0.4, -0.2) is 66.1 Å². The van der Waals surface area contributed by atoms with E-state index in [1.54, 1.807) is 11.6 Å². The maximum atomic E-state index is 13.4. The molecule has 168 valence electrons. The topological polar surface area (TPSA) is 85.4 Å². The Morgan fingerprint density at radius 3 is 2.53 bits per heavy atom. The van der Waals surface area contributed by atoms with Crippen molar-refractivity contribution < 1.29 is 4.79 Å². The Hall–Kier alpha value is -3.20. The molecule has 0 bridgehead atoms. The van der Waals surface area contributed by atoms with Crippen molar-refractivity contribution in [3.8, 4) is 0 Å². The maximum Gasteiger partial charge on any atom is 0.332 e. The number of benzene rings is 1. The molecule has 0 spiro atoms. The standard InChI is InChI=1S/C23H28N6O3/c1-25-21-20(22(31)26(2)23(25)32)28(15-24-21)14-19(30)29-11-10-27(17-8-9-17)13-18(29)12-16-6-4-3-5-7-16/h3-7,15,17-18H,8-14H2,1-2H3. The van der Waals surface area contributed by atoms with Crippen LogP contribution in [0.15, 0.2) is 46.2 Å². The van der Waals surface area contributed by atoms with Crippen LogP contribution in [-0.2, 0) is 31.9 Å². The number of hydrogen-bond acceptors (Lipinski definition) is 5. The Balaban J connectivity index is 1.42. The van der Waals surface area contributed by atoms with Gasteiger partial charge in [-0.2, -0.15) is 0 Å². The molecule has 9 nitrogen and oxygen atoms in total. The van der Waals surface area contributed by atoms with Gasteiger partial charge in [0.25, 0.3) is 5.56 Å². The number of amides is 1. The van der Waals surface area contributed by atoms with Gasteiger partial charge < -0.3 is 9.47 Å². The zero-order valence-corrected chi connectivity index (χ0v) is 18.5. The summed E-state index contributed by atoms with van der Waals surface area (Å²) in [6, 6.07) is 11.0. The van der Waals surface area contributed by atoms with E-state index in [1.165, 1.54) is 36.3 Å². The van der Waals surface area contributed by atoms with Crippen LogP contribution in [0.3, 0.4) is 0 Å². The highest BCUT2D eigenvalue weighted by Gasteiger charge is 2.37. The fraction of sp³-hybridized carbons (Fsp3) is 0.478. The van der Waals surface area contributed by atoms with Gasteiger partial charge in [-0.3, -0.25) is 23.6 Å². The van der Waals surface area contributed by atoms with Gasteiger partial charge in [-0.05, 0) is 24.8 Å². The lowest BCUT2D eigenvalue weighted by molar-refractivity contribution is -0.136. The lowest BCUT2D eigenvalue weighted by atomic mass is 10.0. The van der Waals surface area contributed by atoms with E-state index in [2.05, 4.69) is 22.0 Å². The summed E-state index contributed by atoms with van der Waals surface area (Å²) < 4.78 is 3.97. The van der Waals surface area contributed by atoms with Crippen LogP contribution in [0, 0.1) is 0 Å². The molecule has 3 aromatic rings. The fourth-order valence-electron chi connectivity index (χ4n) is 4.79. The van der Waals surface area contributed by atoms with E-state index in [-0.39, 0.29) is 24.0 Å². The molecule has 1 saturated heterocycles. The Labute approximate surface area is 185 Å². The van der Waals surface area contributed by atoms with Gasteiger partial charge in [0.05, 0.1) is 6.33 Å². The van der Waals surface area contributed by atoms with Crippen molar-refractivity contribution in [3.05, 3.63) is 63.1 Å². The molecule has 1 aliphatic carbocycles. The number of carbonyl (C=O) groups is 1. The summed E-state index contributed by atoms with van der Waals surface area (Å²) >= 11 is 0. The molecule has 2 aromatic heterocycles. The first kappa shape index (κ1) is 20.7. The average molecular weight is 437 g/mol. The van der Waals surface area contributed by atoms with E-state index in [0.717, 1.165) is 24.1 Å². The molecule has 0 radical (unpaired) electrons. The van der Waals surface area contributed by atoms with Crippen LogP contribution in [0.25, 0.3) is 11.2 Å². The largest absolute Gasteiger partial charge is 0.335 e. The summed E-state index contributed by atoms with van der Waals surface area (Å²) in [7, 11) is 3.02. The summed E-state index contributed by atoms with van der Waals surface area (Å²) in [4.78, 5) is 47.1. The van der Waals surface area contributed by atoms with Crippen molar-refractivity contribution in [2.45, 2.75) is 37.9 Å². The lowest BCUT2D eigenvalue weighted by Crippen LogP contribution is -2.57. The van der Waals surface area contributed by atoms with Gasteiger partial charge in [-0.15, -0.1) is 0 Å². The van der Waals surface area contributed by atoms with Crippen LogP contribution in [0.5, 0.6) is 0 Å². The molecular formula is C23H28N6O3. The van der Waals surface area contributed by atoms with Crippen LogP contribution in [0.2, 0.25) is 0 Å². The molecule has 2 aliphatic rings. The lowest BCUT2D eigenvalue weighted by Gasteiger charge is -2.42. The summed E-state index contributed by atoms with van der Waals surface area (Å²) in [6.07, 6.45) is 4.77. The van der Waals surface area contributed by atoms with Crippen molar-refractivity contribution in [3.63, 3.8) is 0 Å². The van der Waals surface area contributed by atoms with Crippen LogP contribution < -0.4 is 11.2 Å². The van der Waals surface area contributed by atoms with Crippen LogP contribution >= 0.6 is 0 Å². The number of fused-ring (bicyclic) bond motifs is 1. The number of carbonyl (C=O) groups excluding carboxylic acids is 1. The second kappa shape index (κ2) is 8.05. The highest BCUT2D eigenvalue weighted by atomic mass is 16.2.